The average molecular weight is 263 g/mol. The number of alkyl halides is 2. The number of amides is 2. The second-order valence-electron chi connectivity index (χ2n) is 4.58. The van der Waals surface area contributed by atoms with Gasteiger partial charge in [0, 0.05) is 20.0 Å². The van der Waals surface area contributed by atoms with Gasteiger partial charge in [-0.1, -0.05) is 0 Å². The molecule has 5 nitrogen and oxygen atoms in total. The maximum absolute atomic E-state index is 12.9. The molecular weight excluding hydrogens is 244 g/mol. The van der Waals surface area contributed by atoms with Crippen LogP contribution in [0.3, 0.4) is 0 Å². The summed E-state index contributed by atoms with van der Waals surface area (Å²) in [5.41, 5.74) is 4.88. The highest BCUT2D eigenvalue weighted by atomic mass is 19.3. The van der Waals surface area contributed by atoms with Gasteiger partial charge in [0.05, 0.1) is 19.0 Å². The van der Waals surface area contributed by atoms with Gasteiger partial charge >= 0.3 is 0 Å². The van der Waals surface area contributed by atoms with Crippen LogP contribution < -0.4 is 11.1 Å². The Morgan fingerprint density at radius 1 is 1.50 bits per heavy atom. The molecule has 1 fully saturated rings. The minimum absolute atomic E-state index is 0.0974. The summed E-state index contributed by atoms with van der Waals surface area (Å²) in [6.45, 7) is 0.812. The Bertz CT molecular complexity index is 323. The largest absolute Gasteiger partial charge is 0.350 e. The first kappa shape index (κ1) is 14.8. The van der Waals surface area contributed by atoms with E-state index >= 15 is 0 Å². The first-order valence-electron chi connectivity index (χ1n) is 5.97. The van der Waals surface area contributed by atoms with E-state index in [1.165, 1.54) is 6.92 Å². The zero-order valence-corrected chi connectivity index (χ0v) is 10.4. The maximum Gasteiger partial charge on any atom is 0.277 e. The van der Waals surface area contributed by atoms with Gasteiger partial charge in [-0.25, -0.2) is 8.78 Å². The van der Waals surface area contributed by atoms with Crippen LogP contribution in [-0.2, 0) is 9.59 Å². The van der Waals surface area contributed by atoms with Crippen molar-refractivity contribution in [3.63, 3.8) is 0 Å². The van der Waals surface area contributed by atoms with Crippen LogP contribution in [0.2, 0.25) is 0 Å². The minimum Gasteiger partial charge on any atom is -0.350 e. The molecule has 0 aromatic heterocycles. The molecule has 0 aliphatic carbocycles. The number of hydrogen-bond donors (Lipinski definition) is 2. The van der Waals surface area contributed by atoms with E-state index in [4.69, 9.17) is 5.73 Å². The van der Waals surface area contributed by atoms with Crippen molar-refractivity contribution < 1.29 is 18.4 Å². The first-order chi connectivity index (χ1) is 8.35. The molecule has 0 aromatic carbocycles. The Labute approximate surface area is 105 Å². The van der Waals surface area contributed by atoms with Crippen LogP contribution >= 0.6 is 0 Å². The molecule has 1 atom stereocenters. The number of halogens is 2. The highest BCUT2D eigenvalue weighted by Crippen LogP contribution is 2.17. The number of rotatable bonds is 4. The molecule has 1 heterocycles. The van der Waals surface area contributed by atoms with Crippen LogP contribution in [0, 0.1) is 5.92 Å². The molecule has 1 rings (SSSR count). The Morgan fingerprint density at radius 3 is 2.72 bits per heavy atom. The third-order valence-electron chi connectivity index (χ3n) is 3.06. The fourth-order valence-electron chi connectivity index (χ4n) is 1.91. The molecule has 3 N–H and O–H groups in total. The van der Waals surface area contributed by atoms with Gasteiger partial charge in [0.15, 0.2) is 0 Å². The molecule has 0 aromatic rings. The Balaban J connectivity index is 2.44. The molecule has 0 radical (unpaired) electrons. The monoisotopic (exact) mass is 263 g/mol. The number of nitrogens with zero attached hydrogens (tertiary/aromatic N) is 1. The summed E-state index contributed by atoms with van der Waals surface area (Å²) in [5, 5.41) is 2.20. The lowest BCUT2D eigenvalue weighted by Gasteiger charge is -2.31. The van der Waals surface area contributed by atoms with Crippen molar-refractivity contribution in [2.75, 3.05) is 26.2 Å². The maximum atomic E-state index is 12.9. The van der Waals surface area contributed by atoms with Gasteiger partial charge in [-0.2, -0.15) is 0 Å². The summed E-state index contributed by atoms with van der Waals surface area (Å²) in [6.07, 6.45) is 1.33. The summed E-state index contributed by atoms with van der Waals surface area (Å²) in [7, 11) is 0. The summed E-state index contributed by atoms with van der Waals surface area (Å²) < 4.78 is 25.8. The van der Waals surface area contributed by atoms with Crippen molar-refractivity contribution in [2.45, 2.75) is 25.7 Å². The van der Waals surface area contributed by atoms with E-state index in [1.54, 1.807) is 4.90 Å². The van der Waals surface area contributed by atoms with Gasteiger partial charge in [0.25, 0.3) is 5.92 Å². The second-order valence-corrected chi connectivity index (χ2v) is 4.58. The topological polar surface area (TPSA) is 75.4 Å². The molecule has 104 valence electrons. The summed E-state index contributed by atoms with van der Waals surface area (Å²) in [6, 6.07) is 0. The number of nitrogens with two attached hydrogens (primary N) is 1. The second kappa shape index (κ2) is 6.08. The van der Waals surface area contributed by atoms with E-state index < -0.39 is 30.8 Å². The quantitative estimate of drug-likeness (QED) is 0.747. The van der Waals surface area contributed by atoms with Crippen LogP contribution in [0.15, 0.2) is 0 Å². The Hall–Kier alpha value is -1.24. The van der Waals surface area contributed by atoms with Gasteiger partial charge in [-0.3, -0.25) is 9.59 Å². The number of likely N-dealkylation sites (tertiary alicyclic amines) is 1. The summed E-state index contributed by atoms with van der Waals surface area (Å²) in [4.78, 5) is 24.5. The predicted molar refractivity (Wildman–Crippen MR) is 62.0 cm³/mol. The summed E-state index contributed by atoms with van der Waals surface area (Å²) >= 11 is 0. The minimum atomic E-state index is -3.08. The standard InChI is InChI=1S/C11H19F2N3O2/c1-8(17)16-4-2-3-9(5-16)10(18)15-7-11(12,13)6-14/h9H,2-7,14H2,1H3,(H,15,18). The predicted octanol–water partition coefficient (Wildman–Crippen LogP) is -0.0449. The number of nitrogens with one attached hydrogen (secondary N) is 1. The zero-order chi connectivity index (χ0) is 13.8. The van der Waals surface area contributed by atoms with E-state index in [0.29, 0.717) is 25.9 Å². The SMILES string of the molecule is CC(=O)N1CCCC(C(=O)NCC(F)(F)CN)C1. The van der Waals surface area contributed by atoms with E-state index in [0.717, 1.165) is 0 Å². The van der Waals surface area contributed by atoms with Crippen molar-refractivity contribution in [3.05, 3.63) is 0 Å². The van der Waals surface area contributed by atoms with Gasteiger partial charge < -0.3 is 16.0 Å². The lowest BCUT2D eigenvalue weighted by atomic mass is 9.97. The van der Waals surface area contributed by atoms with E-state index in [1.807, 2.05) is 0 Å². The first-order valence-corrected chi connectivity index (χ1v) is 5.97. The van der Waals surface area contributed by atoms with Crippen molar-refractivity contribution in [1.29, 1.82) is 0 Å². The fraction of sp³-hybridized carbons (Fsp3) is 0.818. The molecule has 0 saturated carbocycles. The molecule has 0 bridgehead atoms. The zero-order valence-electron chi connectivity index (χ0n) is 10.4. The highest BCUT2D eigenvalue weighted by Gasteiger charge is 2.31. The van der Waals surface area contributed by atoms with Crippen molar-refractivity contribution in [1.82, 2.24) is 10.2 Å². The molecule has 1 aliphatic rings. The van der Waals surface area contributed by atoms with E-state index in [2.05, 4.69) is 5.32 Å². The van der Waals surface area contributed by atoms with Crippen molar-refractivity contribution >= 4 is 11.8 Å². The van der Waals surface area contributed by atoms with Gasteiger partial charge in [-0.05, 0) is 12.8 Å². The molecule has 18 heavy (non-hydrogen) atoms. The van der Waals surface area contributed by atoms with Gasteiger partial charge in [-0.15, -0.1) is 0 Å². The van der Waals surface area contributed by atoms with Crippen LogP contribution in [0.1, 0.15) is 19.8 Å². The van der Waals surface area contributed by atoms with Crippen LogP contribution in [-0.4, -0.2) is 48.8 Å². The van der Waals surface area contributed by atoms with Crippen LogP contribution in [0.25, 0.3) is 0 Å². The molecule has 1 unspecified atom stereocenters. The molecule has 7 heteroatoms. The molecule has 0 spiro atoms. The van der Waals surface area contributed by atoms with Crippen molar-refractivity contribution in [2.24, 2.45) is 11.7 Å². The average Bonchev–Trinajstić information content (AvgIpc) is 2.36. The fourth-order valence-corrected chi connectivity index (χ4v) is 1.91. The molecule has 1 aliphatic heterocycles. The number of piperidine rings is 1. The molecule has 1 saturated heterocycles. The van der Waals surface area contributed by atoms with Crippen molar-refractivity contribution in [3.8, 4) is 0 Å². The third-order valence-corrected chi connectivity index (χ3v) is 3.06. The third kappa shape index (κ3) is 4.21. The number of hydrogen-bond acceptors (Lipinski definition) is 3. The van der Waals surface area contributed by atoms with E-state index in [-0.39, 0.29) is 5.91 Å². The number of carbonyl (C=O) groups excluding carboxylic acids is 2. The van der Waals surface area contributed by atoms with Gasteiger partial charge in [0.1, 0.15) is 0 Å². The van der Waals surface area contributed by atoms with Gasteiger partial charge in [0.2, 0.25) is 11.8 Å². The lowest BCUT2D eigenvalue weighted by molar-refractivity contribution is -0.134. The van der Waals surface area contributed by atoms with Crippen LogP contribution in [0.5, 0.6) is 0 Å². The van der Waals surface area contributed by atoms with E-state index in [9.17, 15) is 18.4 Å². The Kier molecular flexibility index (Phi) is 5.01. The Morgan fingerprint density at radius 2 is 2.17 bits per heavy atom. The van der Waals surface area contributed by atoms with Crippen LogP contribution in [0.4, 0.5) is 8.78 Å². The normalized spacial score (nSPS) is 20.7. The smallest absolute Gasteiger partial charge is 0.277 e. The number of carbonyl (C=O) groups is 2. The highest BCUT2D eigenvalue weighted by molar-refractivity contribution is 5.80. The lowest BCUT2D eigenvalue weighted by Crippen LogP contribution is -2.48. The summed E-state index contributed by atoms with van der Waals surface area (Å²) in [5.74, 6) is -4.02. The molecular formula is C11H19F2N3O2. The molecule has 2 amide bonds.